The molecule has 0 aromatic heterocycles. The lowest BCUT2D eigenvalue weighted by Crippen LogP contribution is -2.34. The number of nitrogens with zero attached hydrogens (tertiary/aromatic N) is 1. The smallest absolute Gasteiger partial charge is 0.00385 e. The number of hydrogen-bond donors (Lipinski definition) is 1. The molecule has 0 spiro atoms. The zero-order valence-corrected chi connectivity index (χ0v) is 13.0. The van der Waals surface area contributed by atoms with Gasteiger partial charge in [-0.3, -0.25) is 0 Å². The van der Waals surface area contributed by atoms with Crippen LogP contribution < -0.4 is 5.73 Å². The van der Waals surface area contributed by atoms with Crippen molar-refractivity contribution in [3.8, 4) is 0 Å². The molecule has 0 saturated heterocycles. The van der Waals surface area contributed by atoms with Crippen LogP contribution in [0, 0.1) is 17.3 Å². The van der Waals surface area contributed by atoms with Crippen LogP contribution in [0.1, 0.15) is 59.8 Å². The predicted octanol–water partition coefficient (Wildman–Crippen LogP) is 3.51. The van der Waals surface area contributed by atoms with Crippen LogP contribution in [0.5, 0.6) is 0 Å². The van der Waals surface area contributed by atoms with Gasteiger partial charge in [-0.1, -0.05) is 27.7 Å². The minimum atomic E-state index is 0.600. The first-order valence-electron chi connectivity index (χ1n) is 7.90. The average Bonchev–Trinajstić information content (AvgIpc) is 3.02. The third-order valence-corrected chi connectivity index (χ3v) is 4.24. The van der Waals surface area contributed by atoms with Crippen molar-refractivity contribution >= 4 is 0 Å². The van der Waals surface area contributed by atoms with Crippen LogP contribution in [-0.4, -0.2) is 31.1 Å². The quantitative estimate of drug-likeness (QED) is 0.646. The SMILES string of the molecule is CC(C)CCN(CCC(C)C)CC1(CCN)CC1. The molecule has 0 aromatic rings. The van der Waals surface area contributed by atoms with Crippen molar-refractivity contribution in [1.82, 2.24) is 4.90 Å². The molecule has 1 aliphatic carbocycles. The predicted molar refractivity (Wildman–Crippen MR) is 80.7 cm³/mol. The van der Waals surface area contributed by atoms with E-state index in [1.165, 1.54) is 51.7 Å². The molecule has 0 atom stereocenters. The average molecular weight is 254 g/mol. The van der Waals surface area contributed by atoms with Gasteiger partial charge in [0.25, 0.3) is 0 Å². The number of rotatable bonds is 10. The highest BCUT2D eigenvalue weighted by Crippen LogP contribution is 2.49. The summed E-state index contributed by atoms with van der Waals surface area (Å²) >= 11 is 0. The van der Waals surface area contributed by atoms with E-state index in [1.807, 2.05) is 0 Å². The van der Waals surface area contributed by atoms with E-state index in [-0.39, 0.29) is 0 Å². The van der Waals surface area contributed by atoms with E-state index in [4.69, 9.17) is 5.73 Å². The van der Waals surface area contributed by atoms with Crippen molar-refractivity contribution in [2.75, 3.05) is 26.2 Å². The topological polar surface area (TPSA) is 29.3 Å². The van der Waals surface area contributed by atoms with Crippen LogP contribution in [0.4, 0.5) is 0 Å². The Bertz CT molecular complexity index is 207. The van der Waals surface area contributed by atoms with E-state index in [1.54, 1.807) is 0 Å². The van der Waals surface area contributed by atoms with Crippen molar-refractivity contribution in [3.05, 3.63) is 0 Å². The van der Waals surface area contributed by atoms with Crippen LogP contribution in [0.3, 0.4) is 0 Å². The Morgan fingerprint density at radius 3 is 1.83 bits per heavy atom. The van der Waals surface area contributed by atoms with E-state index in [2.05, 4.69) is 32.6 Å². The van der Waals surface area contributed by atoms with Gasteiger partial charge in [-0.05, 0) is 69.0 Å². The second-order valence-electron chi connectivity index (χ2n) is 7.18. The fourth-order valence-electron chi connectivity index (χ4n) is 2.60. The molecule has 0 heterocycles. The lowest BCUT2D eigenvalue weighted by atomic mass is 10.0. The molecule has 0 aliphatic heterocycles. The first kappa shape index (κ1) is 16.0. The number of nitrogens with two attached hydrogens (primary N) is 1. The van der Waals surface area contributed by atoms with Crippen molar-refractivity contribution < 1.29 is 0 Å². The molecular formula is C16H34N2. The normalized spacial score (nSPS) is 18.0. The van der Waals surface area contributed by atoms with E-state index in [0.717, 1.165) is 18.4 Å². The molecule has 18 heavy (non-hydrogen) atoms. The van der Waals surface area contributed by atoms with Gasteiger partial charge in [0.05, 0.1) is 0 Å². The molecule has 1 rings (SSSR count). The van der Waals surface area contributed by atoms with E-state index >= 15 is 0 Å². The van der Waals surface area contributed by atoms with Gasteiger partial charge in [-0.25, -0.2) is 0 Å². The second kappa shape index (κ2) is 7.49. The maximum absolute atomic E-state index is 5.76. The van der Waals surface area contributed by atoms with Crippen molar-refractivity contribution in [1.29, 1.82) is 0 Å². The molecule has 2 N–H and O–H groups in total. The Labute approximate surface area is 114 Å². The Morgan fingerprint density at radius 1 is 1.00 bits per heavy atom. The van der Waals surface area contributed by atoms with Gasteiger partial charge in [0.15, 0.2) is 0 Å². The summed E-state index contributed by atoms with van der Waals surface area (Å²) in [5.41, 5.74) is 6.36. The largest absolute Gasteiger partial charge is 0.330 e. The fraction of sp³-hybridized carbons (Fsp3) is 1.00. The molecule has 0 aromatic carbocycles. The van der Waals surface area contributed by atoms with Gasteiger partial charge < -0.3 is 10.6 Å². The molecule has 1 aliphatic rings. The van der Waals surface area contributed by atoms with E-state index < -0.39 is 0 Å². The van der Waals surface area contributed by atoms with Gasteiger partial charge in [0.2, 0.25) is 0 Å². The molecule has 1 fully saturated rings. The van der Waals surface area contributed by atoms with Crippen molar-refractivity contribution in [2.24, 2.45) is 23.0 Å². The highest BCUT2D eigenvalue weighted by Gasteiger charge is 2.42. The monoisotopic (exact) mass is 254 g/mol. The standard InChI is InChI=1S/C16H34N2/c1-14(2)5-11-18(12-6-15(3)4)13-16(7-8-16)9-10-17/h14-15H,5-13,17H2,1-4H3. The molecule has 0 bridgehead atoms. The van der Waals surface area contributed by atoms with Crippen LogP contribution in [0.15, 0.2) is 0 Å². The van der Waals surface area contributed by atoms with E-state index in [9.17, 15) is 0 Å². The summed E-state index contributed by atoms with van der Waals surface area (Å²) in [6.07, 6.45) is 6.70. The zero-order valence-electron chi connectivity index (χ0n) is 13.0. The van der Waals surface area contributed by atoms with Crippen LogP contribution in [0.2, 0.25) is 0 Å². The fourth-order valence-corrected chi connectivity index (χ4v) is 2.60. The Kier molecular flexibility index (Phi) is 6.65. The first-order valence-corrected chi connectivity index (χ1v) is 7.90. The molecule has 1 saturated carbocycles. The minimum Gasteiger partial charge on any atom is -0.330 e. The van der Waals surface area contributed by atoms with Crippen LogP contribution >= 0.6 is 0 Å². The Balaban J connectivity index is 2.38. The van der Waals surface area contributed by atoms with Crippen LogP contribution in [-0.2, 0) is 0 Å². The molecule has 2 nitrogen and oxygen atoms in total. The molecule has 108 valence electrons. The first-order chi connectivity index (χ1) is 8.47. The Morgan fingerprint density at radius 2 is 1.50 bits per heavy atom. The molecule has 0 unspecified atom stereocenters. The lowest BCUT2D eigenvalue weighted by Gasteiger charge is -2.28. The summed E-state index contributed by atoms with van der Waals surface area (Å²) in [7, 11) is 0. The van der Waals surface area contributed by atoms with Gasteiger partial charge >= 0.3 is 0 Å². The minimum absolute atomic E-state index is 0.600. The summed E-state index contributed by atoms with van der Waals surface area (Å²) in [5.74, 6) is 1.63. The van der Waals surface area contributed by atoms with Gasteiger partial charge in [-0.15, -0.1) is 0 Å². The molecule has 2 heteroatoms. The summed E-state index contributed by atoms with van der Waals surface area (Å²) in [6, 6.07) is 0. The van der Waals surface area contributed by atoms with E-state index in [0.29, 0.717) is 5.41 Å². The van der Waals surface area contributed by atoms with Crippen LogP contribution in [0.25, 0.3) is 0 Å². The third-order valence-electron chi connectivity index (χ3n) is 4.24. The van der Waals surface area contributed by atoms with Gasteiger partial charge in [0.1, 0.15) is 0 Å². The second-order valence-corrected chi connectivity index (χ2v) is 7.18. The molecular weight excluding hydrogens is 220 g/mol. The zero-order chi connectivity index (χ0) is 13.6. The summed E-state index contributed by atoms with van der Waals surface area (Å²) < 4.78 is 0. The highest BCUT2D eigenvalue weighted by molar-refractivity contribution is 4.95. The summed E-state index contributed by atoms with van der Waals surface area (Å²) in [6.45, 7) is 14.0. The lowest BCUT2D eigenvalue weighted by molar-refractivity contribution is 0.194. The highest BCUT2D eigenvalue weighted by atomic mass is 15.1. The van der Waals surface area contributed by atoms with Gasteiger partial charge in [-0.2, -0.15) is 0 Å². The van der Waals surface area contributed by atoms with Crippen molar-refractivity contribution in [3.63, 3.8) is 0 Å². The summed E-state index contributed by atoms with van der Waals surface area (Å²) in [4.78, 5) is 2.71. The van der Waals surface area contributed by atoms with Gasteiger partial charge in [0, 0.05) is 6.54 Å². The number of hydrogen-bond acceptors (Lipinski definition) is 2. The third kappa shape index (κ3) is 6.19. The maximum Gasteiger partial charge on any atom is 0.00385 e. The molecule has 0 radical (unpaired) electrons. The summed E-state index contributed by atoms with van der Waals surface area (Å²) in [5, 5.41) is 0. The molecule has 0 amide bonds. The van der Waals surface area contributed by atoms with Crippen molar-refractivity contribution in [2.45, 2.75) is 59.8 Å². The Hall–Kier alpha value is -0.0800. The maximum atomic E-state index is 5.76.